The molecule has 0 aliphatic carbocycles. The summed E-state index contributed by atoms with van der Waals surface area (Å²) in [6, 6.07) is 13.9. The molecule has 0 spiro atoms. The summed E-state index contributed by atoms with van der Waals surface area (Å²) in [5, 5.41) is 9.22. The third-order valence-electron chi connectivity index (χ3n) is 4.89. The van der Waals surface area contributed by atoms with E-state index < -0.39 is 0 Å². The number of methoxy groups -OCH3 is 1. The van der Waals surface area contributed by atoms with Crippen LogP contribution in [0.4, 0.5) is 4.39 Å². The number of hydrogen-bond acceptors (Lipinski definition) is 6. The molecule has 8 heteroatoms. The second-order valence-corrected chi connectivity index (χ2v) is 7.94. The molecule has 0 bridgehead atoms. The van der Waals surface area contributed by atoms with Gasteiger partial charge in [0, 0.05) is 12.4 Å². The van der Waals surface area contributed by atoms with E-state index in [1.165, 1.54) is 24.2 Å². The highest BCUT2D eigenvalue weighted by Crippen LogP contribution is 2.27. The molecule has 1 aliphatic heterocycles. The lowest BCUT2D eigenvalue weighted by Crippen LogP contribution is -2.21. The molecule has 0 saturated carbocycles. The second-order valence-electron chi connectivity index (χ2n) is 6.95. The van der Waals surface area contributed by atoms with Gasteiger partial charge in [-0.1, -0.05) is 23.9 Å². The Morgan fingerprint density at radius 3 is 2.63 bits per heavy atom. The van der Waals surface area contributed by atoms with Gasteiger partial charge in [0.05, 0.1) is 18.9 Å². The van der Waals surface area contributed by atoms with Crippen LogP contribution in [0.15, 0.2) is 53.7 Å². The molecule has 158 valence electrons. The minimum absolute atomic E-state index is 0.161. The average Bonchev–Trinajstić information content (AvgIpc) is 3.20. The molecule has 30 heavy (non-hydrogen) atoms. The fourth-order valence-electron chi connectivity index (χ4n) is 3.29. The van der Waals surface area contributed by atoms with Gasteiger partial charge in [-0.25, -0.2) is 4.39 Å². The standard InChI is InChI=1S/C22H24FN3O3S/c1-27-16-9-11-17(12-10-16)29-14-21-24-25-22(30-15-18-6-4-5-13-28-18)26(21)20-8-3-2-7-19(20)23/h2-3,7-12,18H,4-6,13-15H2,1H3. The Labute approximate surface area is 179 Å². The normalized spacial score (nSPS) is 16.4. The van der Waals surface area contributed by atoms with Crippen LogP contribution in [0.25, 0.3) is 5.69 Å². The second kappa shape index (κ2) is 9.95. The van der Waals surface area contributed by atoms with Crippen LogP contribution in [0.2, 0.25) is 0 Å². The molecule has 2 aromatic carbocycles. The van der Waals surface area contributed by atoms with Gasteiger partial charge in [0.15, 0.2) is 11.0 Å². The molecule has 3 aromatic rings. The van der Waals surface area contributed by atoms with E-state index in [1.54, 1.807) is 29.9 Å². The summed E-state index contributed by atoms with van der Waals surface area (Å²) in [7, 11) is 1.62. The van der Waals surface area contributed by atoms with Crippen molar-refractivity contribution in [1.82, 2.24) is 14.8 Å². The number of benzene rings is 2. The molecule has 4 rings (SSSR count). The van der Waals surface area contributed by atoms with Crippen molar-refractivity contribution in [2.24, 2.45) is 0 Å². The van der Waals surface area contributed by atoms with Crippen molar-refractivity contribution in [2.75, 3.05) is 19.5 Å². The van der Waals surface area contributed by atoms with Gasteiger partial charge in [0.1, 0.15) is 23.9 Å². The quantitative estimate of drug-likeness (QED) is 0.486. The molecule has 0 N–H and O–H groups in total. The lowest BCUT2D eigenvalue weighted by molar-refractivity contribution is 0.0315. The van der Waals surface area contributed by atoms with Gasteiger partial charge in [0.25, 0.3) is 0 Å². The summed E-state index contributed by atoms with van der Waals surface area (Å²) < 4.78 is 33.2. The Balaban J connectivity index is 1.54. The van der Waals surface area contributed by atoms with Gasteiger partial charge >= 0.3 is 0 Å². The van der Waals surface area contributed by atoms with Gasteiger partial charge in [-0.05, 0) is 55.7 Å². The van der Waals surface area contributed by atoms with Crippen LogP contribution >= 0.6 is 11.8 Å². The van der Waals surface area contributed by atoms with Crippen LogP contribution in [0.1, 0.15) is 25.1 Å². The van der Waals surface area contributed by atoms with Gasteiger partial charge in [0.2, 0.25) is 0 Å². The Hall–Kier alpha value is -2.58. The largest absolute Gasteiger partial charge is 0.497 e. The third-order valence-corrected chi connectivity index (χ3v) is 5.95. The summed E-state index contributed by atoms with van der Waals surface area (Å²) in [5.74, 6) is 2.37. The summed E-state index contributed by atoms with van der Waals surface area (Å²) in [5.41, 5.74) is 0.405. The number of rotatable bonds is 8. The number of nitrogens with zero attached hydrogens (tertiary/aromatic N) is 3. The van der Waals surface area contributed by atoms with Crippen molar-refractivity contribution >= 4 is 11.8 Å². The van der Waals surface area contributed by atoms with E-state index in [-0.39, 0.29) is 18.5 Å². The molecule has 0 radical (unpaired) electrons. The molecule has 1 atom stereocenters. The van der Waals surface area contributed by atoms with E-state index >= 15 is 0 Å². The summed E-state index contributed by atoms with van der Waals surface area (Å²) in [6.45, 7) is 0.959. The van der Waals surface area contributed by atoms with Crippen molar-refractivity contribution in [3.8, 4) is 17.2 Å². The molecule has 1 aliphatic rings. The Morgan fingerprint density at radius 1 is 1.10 bits per heavy atom. The first-order chi connectivity index (χ1) is 14.7. The molecular weight excluding hydrogens is 405 g/mol. The van der Waals surface area contributed by atoms with Gasteiger partial charge < -0.3 is 14.2 Å². The number of halogens is 1. The monoisotopic (exact) mass is 429 g/mol. The smallest absolute Gasteiger partial charge is 0.196 e. The third kappa shape index (κ3) is 4.94. The lowest BCUT2D eigenvalue weighted by Gasteiger charge is -2.22. The minimum atomic E-state index is -0.334. The van der Waals surface area contributed by atoms with Gasteiger partial charge in [-0.15, -0.1) is 10.2 Å². The topological polar surface area (TPSA) is 58.4 Å². The van der Waals surface area contributed by atoms with E-state index in [0.717, 1.165) is 31.0 Å². The van der Waals surface area contributed by atoms with Crippen LogP contribution in [0.5, 0.6) is 11.5 Å². The number of aromatic nitrogens is 3. The first-order valence-electron chi connectivity index (χ1n) is 9.95. The number of para-hydroxylation sites is 1. The van der Waals surface area contributed by atoms with E-state index in [2.05, 4.69) is 10.2 Å². The van der Waals surface area contributed by atoms with Crippen LogP contribution < -0.4 is 9.47 Å². The fraction of sp³-hybridized carbons (Fsp3) is 0.364. The molecule has 1 saturated heterocycles. The zero-order valence-electron chi connectivity index (χ0n) is 16.8. The zero-order chi connectivity index (χ0) is 20.8. The van der Waals surface area contributed by atoms with Crippen molar-refractivity contribution < 1.29 is 18.6 Å². The van der Waals surface area contributed by atoms with E-state index in [1.807, 2.05) is 24.3 Å². The summed E-state index contributed by atoms with van der Waals surface area (Å²) >= 11 is 1.53. The Kier molecular flexibility index (Phi) is 6.86. The maximum Gasteiger partial charge on any atom is 0.196 e. The Morgan fingerprint density at radius 2 is 1.90 bits per heavy atom. The lowest BCUT2D eigenvalue weighted by atomic mass is 10.1. The van der Waals surface area contributed by atoms with Crippen molar-refractivity contribution in [2.45, 2.75) is 37.1 Å². The van der Waals surface area contributed by atoms with Gasteiger partial charge in [-0.2, -0.15) is 0 Å². The molecule has 1 unspecified atom stereocenters. The molecule has 2 heterocycles. The molecule has 1 fully saturated rings. The molecule has 1 aromatic heterocycles. The first-order valence-corrected chi connectivity index (χ1v) is 10.9. The highest BCUT2D eigenvalue weighted by molar-refractivity contribution is 7.99. The Bertz CT molecular complexity index is 959. The number of hydrogen-bond donors (Lipinski definition) is 0. The molecule has 0 amide bonds. The minimum Gasteiger partial charge on any atom is -0.497 e. The predicted molar refractivity (Wildman–Crippen MR) is 113 cm³/mol. The van der Waals surface area contributed by atoms with Crippen molar-refractivity contribution in [3.63, 3.8) is 0 Å². The maximum absolute atomic E-state index is 14.6. The average molecular weight is 430 g/mol. The highest BCUT2D eigenvalue weighted by Gasteiger charge is 2.20. The van der Waals surface area contributed by atoms with E-state index in [4.69, 9.17) is 14.2 Å². The number of thioether (sulfide) groups is 1. The fourth-order valence-corrected chi connectivity index (χ4v) is 4.32. The zero-order valence-corrected chi connectivity index (χ0v) is 17.6. The molecule has 6 nitrogen and oxygen atoms in total. The van der Waals surface area contributed by atoms with Crippen molar-refractivity contribution in [3.05, 3.63) is 60.2 Å². The van der Waals surface area contributed by atoms with Crippen LogP contribution in [-0.2, 0) is 11.3 Å². The van der Waals surface area contributed by atoms with Gasteiger partial charge in [-0.3, -0.25) is 4.57 Å². The number of ether oxygens (including phenoxy) is 3. The first kappa shape index (κ1) is 20.7. The van der Waals surface area contributed by atoms with Crippen LogP contribution in [-0.4, -0.2) is 40.3 Å². The van der Waals surface area contributed by atoms with Crippen LogP contribution in [0, 0.1) is 5.82 Å². The van der Waals surface area contributed by atoms with Crippen LogP contribution in [0.3, 0.4) is 0 Å². The van der Waals surface area contributed by atoms with Crippen molar-refractivity contribution in [1.29, 1.82) is 0 Å². The predicted octanol–water partition coefficient (Wildman–Crippen LogP) is 4.66. The maximum atomic E-state index is 14.6. The highest BCUT2D eigenvalue weighted by atomic mass is 32.2. The summed E-state index contributed by atoms with van der Waals surface area (Å²) in [4.78, 5) is 0. The molecular formula is C22H24FN3O3S. The van der Waals surface area contributed by atoms with E-state index in [0.29, 0.717) is 22.4 Å². The van der Waals surface area contributed by atoms with E-state index in [9.17, 15) is 4.39 Å². The summed E-state index contributed by atoms with van der Waals surface area (Å²) in [6.07, 6.45) is 3.51. The SMILES string of the molecule is COc1ccc(OCc2nnc(SCC3CCCCO3)n2-c2ccccc2F)cc1.